The largest absolute Gasteiger partial charge is 0.465 e. The predicted molar refractivity (Wildman–Crippen MR) is 65.9 cm³/mol. The van der Waals surface area contributed by atoms with E-state index in [0.717, 1.165) is 12.8 Å². The van der Waals surface area contributed by atoms with Crippen molar-refractivity contribution in [1.82, 2.24) is 0 Å². The van der Waals surface area contributed by atoms with Crippen LogP contribution < -0.4 is 4.90 Å². The van der Waals surface area contributed by atoms with Crippen molar-refractivity contribution >= 4 is 17.3 Å². The number of hydrogen-bond donors (Lipinski definition) is 0. The first kappa shape index (κ1) is 12.3. The molecule has 0 N–H and O–H groups in total. The molecule has 6 heteroatoms. The van der Waals surface area contributed by atoms with Gasteiger partial charge in [0.2, 0.25) is 0 Å². The van der Waals surface area contributed by atoms with Gasteiger partial charge in [-0.1, -0.05) is 0 Å². The second-order valence-electron chi connectivity index (χ2n) is 4.29. The fraction of sp³-hybridized carbons (Fsp3) is 0.417. The Balaban J connectivity index is 2.43. The molecule has 1 aliphatic carbocycles. The van der Waals surface area contributed by atoms with E-state index in [-0.39, 0.29) is 5.69 Å². The van der Waals surface area contributed by atoms with E-state index >= 15 is 0 Å². The predicted octanol–water partition coefficient (Wildman–Crippen LogP) is 1.98. The van der Waals surface area contributed by atoms with Gasteiger partial charge in [-0.3, -0.25) is 10.1 Å². The summed E-state index contributed by atoms with van der Waals surface area (Å²) in [4.78, 5) is 23.8. The zero-order valence-corrected chi connectivity index (χ0v) is 10.3. The molecule has 1 fully saturated rings. The average Bonchev–Trinajstić information content (AvgIpc) is 3.20. The van der Waals surface area contributed by atoms with Crippen molar-refractivity contribution in [3.05, 3.63) is 33.9 Å². The third-order valence-corrected chi connectivity index (χ3v) is 3.07. The zero-order chi connectivity index (χ0) is 13.3. The summed E-state index contributed by atoms with van der Waals surface area (Å²) in [6.45, 7) is 0. The van der Waals surface area contributed by atoms with Gasteiger partial charge >= 0.3 is 5.97 Å². The number of methoxy groups -OCH3 is 1. The summed E-state index contributed by atoms with van der Waals surface area (Å²) in [6, 6.07) is 4.60. The van der Waals surface area contributed by atoms with Gasteiger partial charge in [-0.2, -0.15) is 0 Å². The highest BCUT2D eigenvalue weighted by atomic mass is 16.6. The van der Waals surface area contributed by atoms with Gasteiger partial charge < -0.3 is 9.64 Å². The first-order valence-electron chi connectivity index (χ1n) is 5.64. The molecule has 0 bridgehead atoms. The van der Waals surface area contributed by atoms with Gasteiger partial charge in [0, 0.05) is 19.2 Å². The van der Waals surface area contributed by atoms with E-state index in [2.05, 4.69) is 4.74 Å². The van der Waals surface area contributed by atoms with E-state index in [4.69, 9.17) is 0 Å². The number of nitro groups is 1. The van der Waals surface area contributed by atoms with Crippen LogP contribution in [0.3, 0.4) is 0 Å². The van der Waals surface area contributed by atoms with Crippen molar-refractivity contribution in [2.75, 3.05) is 19.1 Å². The van der Waals surface area contributed by atoms with Crippen LogP contribution in [0.15, 0.2) is 18.2 Å². The van der Waals surface area contributed by atoms with Crippen molar-refractivity contribution < 1.29 is 14.5 Å². The number of ether oxygens (including phenoxy) is 1. The van der Waals surface area contributed by atoms with E-state index < -0.39 is 10.9 Å². The molecule has 96 valence electrons. The quantitative estimate of drug-likeness (QED) is 0.464. The molecule has 1 saturated carbocycles. The second-order valence-corrected chi connectivity index (χ2v) is 4.29. The van der Waals surface area contributed by atoms with E-state index in [9.17, 15) is 14.9 Å². The van der Waals surface area contributed by atoms with Crippen LogP contribution in [0, 0.1) is 10.1 Å². The number of rotatable bonds is 4. The van der Waals surface area contributed by atoms with Gasteiger partial charge in [0.05, 0.1) is 17.6 Å². The number of carbonyl (C=O) groups excluding carboxylic acids is 1. The molecule has 0 amide bonds. The lowest BCUT2D eigenvalue weighted by Crippen LogP contribution is -2.21. The summed E-state index contributed by atoms with van der Waals surface area (Å²) < 4.78 is 4.62. The summed E-state index contributed by atoms with van der Waals surface area (Å²) >= 11 is 0. The Morgan fingerprint density at radius 1 is 1.50 bits per heavy atom. The standard InChI is InChI=1S/C12H14N2O4/c1-13(9-4-5-9)11-7-8(12(15)18-2)3-6-10(11)14(16)17/h3,6-7,9H,4-5H2,1-2H3. The molecule has 0 saturated heterocycles. The number of esters is 1. The number of nitro benzene ring substituents is 1. The third-order valence-electron chi connectivity index (χ3n) is 3.07. The molecule has 1 aliphatic rings. The van der Waals surface area contributed by atoms with Crippen molar-refractivity contribution in [1.29, 1.82) is 0 Å². The molecule has 0 radical (unpaired) electrons. The van der Waals surface area contributed by atoms with Crippen LogP contribution in [0.4, 0.5) is 11.4 Å². The van der Waals surface area contributed by atoms with Crippen LogP contribution in [0.1, 0.15) is 23.2 Å². The van der Waals surface area contributed by atoms with E-state index in [0.29, 0.717) is 17.3 Å². The maximum Gasteiger partial charge on any atom is 0.337 e. The summed E-state index contributed by atoms with van der Waals surface area (Å²) in [5, 5.41) is 11.0. The Kier molecular flexibility index (Phi) is 3.18. The average molecular weight is 250 g/mol. The maximum atomic E-state index is 11.4. The van der Waals surface area contributed by atoms with Crippen molar-refractivity contribution in [2.24, 2.45) is 0 Å². The Morgan fingerprint density at radius 2 is 2.17 bits per heavy atom. The zero-order valence-electron chi connectivity index (χ0n) is 10.3. The SMILES string of the molecule is COC(=O)c1ccc([N+](=O)[O-])c(N(C)C2CC2)c1. The van der Waals surface area contributed by atoms with Gasteiger partial charge in [0.1, 0.15) is 5.69 Å². The number of hydrogen-bond acceptors (Lipinski definition) is 5. The molecule has 0 spiro atoms. The Bertz CT molecular complexity index is 497. The summed E-state index contributed by atoms with van der Waals surface area (Å²) in [6.07, 6.45) is 2.05. The second kappa shape index (κ2) is 4.64. The lowest BCUT2D eigenvalue weighted by Gasteiger charge is -2.18. The van der Waals surface area contributed by atoms with Gasteiger partial charge in [-0.05, 0) is 25.0 Å². The summed E-state index contributed by atoms with van der Waals surface area (Å²) in [5.41, 5.74) is 0.799. The highest BCUT2D eigenvalue weighted by Crippen LogP contribution is 2.36. The molecule has 0 aromatic heterocycles. The van der Waals surface area contributed by atoms with E-state index in [1.54, 1.807) is 7.05 Å². The fourth-order valence-electron chi connectivity index (χ4n) is 1.86. The molecule has 18 heavy (non-hydrogen) atoms. The molecule has 0 atom stereocenters. The van der Waals surface area contributed by atoms with E-state index in [1.165, 1.54) is 25.3 Å². The molecule has 2 rings (SSSR count). The Labute approximate surface area is 104 Å². The van der Waals surface area contributed by atoms with Crippen molar-refractivity contribution in [2.45, 2.75) is 18.9 Å². The number of carbonyl (C=O) groups is 1. The third kappa shape index (κ3) is 2.27. The van der Waals surface area contributed by atoms with E-state index in [1.807, 2.05) is 4.90 Å². The minimum atomic E-state index is -0.490. The van der Waals surface area contributed by atoms with Crippen LogP contribution in [-0.4, -0.2) is 31.1 Å². The highest BCUT2D eigenvalue weighted by molar-refractivity contribution is 5.91. The number of benzene rings is 1. The van der Waals surface area contributed by atoms with Gasteiger partial charge in [0.25, 0.3) is 5.69 Å². The first-order chi connectivity index (χ1) is 8.54. The lowest BCUT2D eigenvalue weighted by molar-refractivity contribution is -0.384. The summed E-state index contributed by atoms with van der Waals surface area (Å²) in [7, 11) is 3.09. The number of nitrogens with zero attached hydrogens (tertiary/aromatic N) is 2. The summed E-state index contributed by atoms with van der Waals surface area (Å²) in [5.74, 6) is -0.490. The van der Waals surface area contributed by atoms with Crippen LogP contribution in [0.2, 0.25) is 0 Å². The van der Waals surface area contributed by atoms with Crippen LogP contribution in [0.5, 0.6) is 0 Å². The maximum absolute atomic E-state index is 11.4. The highest BCUT2D eigenvalue weighted by Gasteiger charge is 2.31. The van der Waals surface area contributed by atoms with Crippen LogP contribution >= 0.6 is 0 Å². The van der Waals surface area contributed by atoms with Gasteiger partial charge in [-0.25, -0.2) is 4.79 Å². The number of anilines is 1. The Morgan fingerprint density at radius 3 is 2.67 bits per heavy atom. The molecule has 6 nitrogen and oxygen atoms in total. The smallest absolute Gasteiger partial charge is 0.337 e. The van der Waals surface area contributed by atoms with Crippen molar-refractivity contribution in [3.8, 4) is 0 Å². The molecule has 1 aromatic carbocycles. The molecular weight excluding hydrogens is 236 g/mol. The minimum Gasteiger partial charge on any atom is -0.465 e. The van der Waals surface area contributed by atoms with Crippen molar-refractivity contribution in [3.63, 3.8) is 0 Å². The Hall–Kier alpha value is -2.11. The molecule has 0 heterocycles. The normalized spacial score (nSPS) is 14.1. The van der Waals surface area contributed by atoms with Crippen LogP contribution in [-0.2, 0) is 4.74 Å². The fourth-order valence-corrected chi connectivity index (χ4v) is 1.86. The van der Waals surface area contributed by atoms with Gasteiger partial charge in [0.15, 0.2) is 0 Å². The first-order valence-corrected chi connectivity index (χ1v) is 5.64. The topological polar surface area (TPSA) is 72.7 Å². The molecular formula is C12H14N2O4. The molecule has 0 unspecified atom stereocenters. The molecule has 0 aliphatic heterocycles. The van der Waals surface area contributed by atoms with Gasteiger partial charge in [-0.15, -0.1) is 0 Å². The monoisotopic (exact) mass is 250 g/mol. The van der Waals surface area contributed by atoms with Crippen LogP contribution in [0.25, 0.3) is 0 Å². The molecule has 1 aromatic rings. The minimum absolute atomic E-state index is 0.0112. The lowest BCUT2D eigenvalue weighted by atomic mass is 10.1.